The van der Waals surface area contributed by atoms with E-state index < -0.39 is 12.1 Å². The topological polar surface area (TPSA) is 94.3 Å². The second-order valence-electron chi connectivity index (χ2n) is 13.7. The first kappa shape index (κ1) is 26.3. The Hall–Kier alpha value is -3.61. The Morgan fingerprint density at radius 3 is 2.27 bits per heavy atom. The number of hydrogen-bond acceptors (Lipinski definition) is 3. The van der Waals surface area contributed by atoms with Gasteiger partial charge in [0.2, 0.25) is 5.91 Å². The van der Waals surface area contributed by atoms with Crippen LogP contribution < -0.4 is 10.9 Å². The van der Waals surface area contributed by atoms with Crippen LogP contribution in [0.4, 0.5) is 0 Å². The number of aryl methyl sites for hydroxylation is 1. The molecule has 41 heavy (non-hydrogen) atoms. The van der Waals surface area contributed by atoms with E-state index in [0.29, 0.717) is 29.7 Å². The van der Waals surface area contributed by atoms with Crippen LogP contribution in [0, 0.1) is 36.0 Å². The van der Waals surface area contributed by atoms with Crippen LogP contribution in [0.25, 0.3) is 10.9 Å². The van der Waals surface area contributed by atoms with Gasteiger partial charge in [0.1, 0.15) is 6.04 Å². The Kier molecular flexibility index (Phi) is 6.25. The third kappa shape index (κ3) is 4.27. The summed E-state index contributed by atoms with van der Waals surface area (Å²) in [4.78, 5) is 47.0. The number of carbonyl (C=O) groups excluding carboxylic acids is 3. The van der Waals surface area contributed by atoms with Crippen LogP contribution in [-0.2, 0) is 9.59 Å². The zero-order valence-corrected chi connectivity index (χ0v) is 24.2. The number of benzene rings is 2. The molecule has 2 atom stereocenters. The van der Waals surface area contributed by atoms with E-state index in [4.69, 9.17) is 0 Å². The van der Waals surface area contributed by atoms with Crippen molar-refractivity contribution < 1.29 is 14.4 Å². The minimum atomic E-state index is -0.746. The Labute approximate surface area is 241 Å². The predicted octanol–water partition coefficient (Wildman–Crippen LogP) is 5.80. The van der Waals surface area contributed by atoms with Crippen molar-refractivity contribution in [2.45, 2.75) is 77.8 Å². The van der Waals surface area contributed by atoms with E-state index in [0.717, 1.165) is 47.0 Å². The summed E-state index contributed by atoms with van der Waals surface area (Å²) in [6.07, 6.45) is 7.02. The van der Waals surface area contributed by atoms with Crippen molar-refractivity contribution in [2.75, 3.05) is 0 Å². The Morgan fingerprint density at radius 1 is 0.951 bits per heavy atom. The third-order valence-corrected chi connectivity index (χ3v) is 10.4. The summed E-state index contributed by atoms with van der Waals surface area (Å²) in [7, 11) is 0. The molecule has 3 N–H and O–H groups in total. The van der Waals surface area contributed by atoms with Gasteiger partial charge in [0, 0.05) is 27.7 Å². The molecule has 0 spiro atoms. The number of nitrogens with one attached hydrogen (secondary N) is 3. The molecule has 2 aromatic carbocycles. The number of H-pyrrole nitrogens is 1. The second kappa shape index (κ2) is 9.74. The van der Waals surface area contributed by atoms with Crippen molar-refractivity contribution in [1.29, 1.82) is 0 Å². The van der Waals surface area contributed by atoms with Gasteiger partial charge >= 0.3 is 0 Å². The van der Waals surface area contributed by atoms with Gasteiger partial charge in [0.15, 0.2) is 0 Å². The fraction of sp³-hybridized carbons (Fsp3) is 0.500. The van der Waals surface area contributed by atoms with Crippen molar-refractivity contribution in [3.8, 4) is 0 Å². The predicted molar refractivity (Wildman–Crippen MR) is 158 cm³/mol. The van der Waals surface area contributed by atoms with Crippen molar-refractivity contribution >= 4 is 28.6 Å². The van der Waals surface area contributed by atoms with Crippen molar-refractivity contribution in [3.63, 3.8) is 0 Å². The maximum Gasteiger partial charge on any atom is 0.261 e. The van der Waals surface area contributed by atoms with E-state index in [1.807, 2.05) is 49.4 Å². The van der Waals surface area contributed by atoms with Gasteiger partial charge in [-0.05, 0) is 93.2 Å². The summed E-state index contributed by atoms with van der Waals surface area (Å²) in [5, 5.41) is 1.04. The highest BCUT2D eigenvalue weighted by Gasteiger charge is 2.55. The maximum atomic E-state index is 14.1. The number of fused-ring (bicyclic) bond motifs is 2. The summed E-state index contributed by atoms with van der Waals surface area (Å²) < 4.78 is 0. The Bertz CT molecular complexity index is 1500. The highest BCUT2D eigenvalue weighted by molar-refractivity contribution is 6.03. The normalized spacial score (nSPS) is 28.8. The molecule has 2 heterocycles. The average Bonchev–Trinajstić information content (AvgIpc) is 3.41. The van der Waals surface area contributed by atoms with Crippen molar-refractivity contribution in [3.05, 3.63) is 70.9 Å². The second-order valence-corrected chi connectivity index (χ2v) is 13.7. The number of hydrogen-bond donors (Lipinski definition) is 3. The monoisotopic (exact) mass is 552 g/mol. The first-order valence-corrected chi connectivity index (χ1v) is 15.3. The third-order valence-electron chi connectivity index (χ3n) is 10.4. The van der Waals surface area contributed by atoms with E-state index in [1.54, 1.807) is 4.90 Å². The summed E-state index contributed by atoms with van der Waals surface area (Å²) in [6, 6.07) is 14.6. The fourth-order valence-electron chi connectivity index (χ4n) is 9.12. The molecule has 3 aromatic rings. The molecule has 7 heteroatoms. The molecule has 8 rings (SSSR count). The van der Waals surface area contributed by atoms with Gasteiger partial charge < -0.3 is 9.88 Å². The number of aromatic nitrogens is 1. The molecule has 4 bridgehead atoms. The Morgan fingerprint density at radius 2 is 1.59 bits per heavy atom. The largest absolute Gasteiger partial charge is 0.358 e. The molecule has 1 aromatic heterocycles. The number of nitrogens with zero attached hydrogens (tertiary/aromatic N) is 1. The van der Waals surface area contributed by atoms with E-state index in [2.05, 4.69) is 35.7 Å². The molecule has 4 fully saturated rings. The Balaban J connectivity index is 1.21. The van der Waals surface area contributed by atoms with Gasteiger partial charge in [0.25, 0.3) is 11.8 Å². The lowest BCUT2D eigenvalue weighted by Gasteiger charge is -2.55. The highest BCUT2D eigenvalue weighted by Crippen LogP contribution is 2.60. The van der Waals surface area contributed by atoms with E-state index in [-0.39, 0.29) is 29.1 Å². The molecular weight excluding hydrogens is 512 g/mol. The molecule has 4 saturated carbocycles. The maximum absolute atomic E-state index is 14.1. The molecule has 0 saturated heterocycles. The van der Waals surface area contributed by atoms with E-state index in [1.165, 1.54) is 19.3 Å². The molecule has 3 amide bonds. The van der Waals surface area contributed by atoms with Gasteiger partial charge in [-0.1, -0.05) is 50.2 Å². The number of amides is 3. The lowest BCUT2D eigenvalue weighted by atomic mass is 9.49. The van der Waals surface area contributed by atoms with Crippen molar-refractivity contribution in [2.24, 2.45) is 29.1 Å². The molecule has 0 radical (unpaired) electrons. The summed E-state index contributed by atoms with van der Waals surface area (Å²) in [6.45, 7) is 6.16. The van der Waals surface area contributed by atoms with Gasteiger partial charge in [-0.25, -0.2) is 0 Å². The molecule has 2 unspecified atom stereocenters. The first-order chi connectivity index (χ1) is 19.7. The molecule has 7 nitrogen and oxygen atoms in total. The summed E-state index contributed by atoms with van der Waals surface area (Å²) in [5.41, 5.74) is 9.84. The molecule has 4 aliphatic carbocycles. The van der Waals surface area contributed by atoms with Crippen molar-refractivity contribution in [1.82, 2.24) is 20.7 Å². The highest BCUT2D eigenvalue weighted by atomic mass is 16.2. The average molecular weight is 553 g/mol. The number of rotatable bonds is 6. The molecule has 5 aliphatic rings. The quantitative estimate of drug-likeness (QED) is 0.338. The summed E-state index contributed by atoms with van der Waals surface area (Å²) >= 11 is 0. The standard InChI is InChI=1S/C34H40N4O3/c1-19(2)12-28(31(39)36-37-33(41)34-16-21-13-22(17-34)15-23(14-21)18-34)38-30(24-8-4-5-9-25(24)32(38)40)29-20(3)35-27-11-7-6-10-26(27)29/h4-11,19,21-23,28,30,35H,12-18H2,1-3H3,(H,36,39)(H,37,41). The minimum absolute atomic E-state index is 0.0479. The number of aromatic amines is 1. The smallest absolute Gasteiger partial charge is 0.261 e. The van der Waals surface area contributed by atoms with Gasteiger partial charge in [-0.3, -0.25) is 25.2 Å². The van der Waals surface area contributed by atoms with Crippen LogP contribution in [0.1, 0.15) is 92.0 Å². The number of carbonyl (C=O) groups is 3. The molecule has 214 valence electrons. The number of hydrazine groups is 1. The SMILES string of the molecule is Cc1[nH]c2ccccc2c1C1c2ccccc2C(=O)N1C(CC(C)C)C(=O)NNC(=O)C12CC3CC(CC(C3)C1)C2. The van der Waals surface area contributed by atoms with Gasteiger partial charge in [-0.2, -0.15) is 0 Å². The summed E-state index contributed by atoms with van der Waals surface area (Å²) in [5.74, 6) is 1.54. The van der Waals surface area contributed by atoms with E-state index >= 15 is 0 Å². The van der Waals surface area contributed by atoms with E-state index in [9.17, 15) is 14.4 Å². The van der Waals surface area contributed by atoms with Gasteiger partial charge in [0.05, 0.1) is 11.5 Å². The van der Waals surface area contributed by atoms with Crippen LogP contribution in [0.15, 0.2) is 48.5 Å². The number of para-hydroxylation sites is 1. The van der Waals surface area contributed by atoms with Crippen LogP contribution in [0.2, 0.25) is 0 Å². The molecule has 1 aliphatic heterocycles. The van der Waals surface area contributed by atoms with Crippen LogP contribution >= 0.6 is 0 Å². The zero-order valence-electron chi connectivity index (χ0n) is 24.2. The van der Waals surface area contributed by atoms with Crippen LogP contribution in [-0.4, -0.2) is 33.6 Å². The minimum Gasteiger partial charge on any atom is -0.358 e. The van der Waals surface area contributed by atoms with Crippen LogP contribution in [0.3, 0.4) is 0 Å². The molecular formula is C34H40N4O3. The first-order valence-electron chi connectivity index (χ1n) is 15.3. The van der Waals surface area contributed by atoms with Crippen LogP contribution in [0.5, 0.6) is 0 Å². The van der Waals surface area contributed by atoms with Gasteiger partial charge in [-0.15, -0.1) is 0 Å². The fourth-order valence-corrected chi connectivity index (χ4v) is 9.12. The lowest BCUT2D eigenvalue weighted by Crippen LogP contribution is -2.59. The zero-order chi connectivity index (χ0) is 28.5. The lowest BCUT2D eigenvalue weighted by molar-refractivity contribution is -0.149.